The SMILES string of the molecule is CC(C)(C)OC(=O)N[C@@H](CCC(=O)NC(c1ccccc1)(c1ccccc1)c1ccccc1)C(=O)N[C@@]1(C(=O)O)CS(=O)(=O)[C@H]2[C@H](C(=O)O)[C@H]21. The monoisotopic (exact) mass is 705 g/mol. The number of carboxylic acid groups (broad SMARTS) is 2. The van der Waals surface area contributed by atoms with Crippen molar-refractivity contribution >= 4 is 39.7 Å². The average molecular weight is 706 g/mol. The van der Waals surface area contributed by atoms with Crippen molar-refractivity contribution in [3.05, 3.63) is 108 Å². The molecule has 2 aliphatic rings. The molecule has 0 radical (unpaired) electrons. The van der Waals surface area contributed by atoms with Gasteiger partial charge in [0.15, 0.2) is 15.4 Å². The van der Waals surface area contributed by atoms with Gasteiger partial charge >= 0.3 is 18.0 Å². The summed E-state index contributed by atoms with van der Waals surface area (Å²) in [6, 6.07) is 26.2. The van der Waals surface area contributed by atoms with Crippen molar-refractivity contribution in [1.82, 2.24) is 16.0 Å². The van der Waals surface area contributed by atoms with E-state index in [0.717, 1.165) is 16.7 Å². The summed E-state index contributed by atoms with van der Waals surface area (Å²) in [5.41, 5.74) is -2.40. The van der Waals surface area contributed by atoms with Crippen molar-refractivity contribution in [3.8, 4) is 0 Å². The molecule has 1 aliphatic carbocycles. The molecule has 0 spiro atoms. The molecule has 1 saturated heterocycles. The number of carbonyl (C=O) groups excluding carboxylic acids is 3. The van der Waals surface area contributed by atoms with Crippen molar-refractivity contribution in [2.24, 2.45) is 11.8 Å². The quantitative estimate of drug-likeness (QED) is 0.174. The Labute approximate surface area is 289 Å². The maximum absolute atomic E-state index is 14.0. The number of carboxylic acids is 2. The lowest BCUT2D eigenvalue weighted by molar-refractivity contribution is -0.149. The van der Waals surface area contributed by atoms with Crippen LogP contribution in [0.15, 0.2) is 91.0 Å². The van der Waals surface area contributed by atoms with Crippen LogP contribution in [-0.4, -0.2) is 76.7 Å². The molecule has 5 rings (SSSR count). The van der Waals surface area contributed by atoms with Crippen LogP contribution in [0.5, 0.6) is 0 Å². The van der Waals surface area contributed by atoms with Gasteiger partial charge in [-0.3, -0.25) is 14.4 Å². The molecular formula is C36H39N3O10S. The predicted molar refractivity (Wildman–Crippen MR) is 180 cm³/mol. The van der Waals surface area contributed by atoms with E-state index in [0.29, 0.717) is 0 Å². The molecule has 5 N–H and O–H groups in total. The Kier molecular flexibility index (Phi) is 9.79. The van der Waals surface area contributed by atoms with Gasteiger partial charge in [-0.25, -0.2) is 18.0 Å². The van der Waals surface area contributed by atoms with Crippen LogP contribution in [0.25, 0.3) is 0 Å². The van der Waals surface area contributed by atoms with Gasteiger partial charge in [0.1, 0.15) is 17.2 Å². The van der Waals surface area contributed by atoms with Crippen molar-refractivity contribution in [3.63, 3.8) is 0 Å². The molecule has 3 aromatic rings. The van der Waals surface area contributed by atoms with E-state index >= 15 is 0 Å². The summed E-state index contributed by atoms with van der Waals surface area (Å²) in [6.07, 6.45) is -1.75. The van der Waals surface area contributed by atoms with Crippen molar-refractivity contribution in [1.29, 1.82) is 0 Å². The van der Waals surface area contributed by atoms with Crippen LogP contribution in [0.2, 0.25) is 0 Å². The molecule has 1 heterocycles. The first-order chi connectivity index (χ1) is 23.5. The summed E-state index contributed by atoms with van der Waals surface area (Å²) >= 11 is 0. The molecule has 13 nitrogen and oxygen atoms in total. The fourth-order valence-corrected chi connectivity index (χ4v) is 9.56. The molecular weight excluding hydrogens is 666 g/mol. The van der Waals surface area contributed by atoms with Gasteiger partial charge in [0.2, 0.25) is 11.8 Å². The van der Waals surface area contributed by atoms with Crippen LogP contribution in [-0.2, 0) is 39.3 Å². The van der Waals surface area contributed by atoms with Gasteiger partial charge in [0.25, 0.3) is 0 Å². The van der Waals surface area contributed by atoms with Crippen LogP contribution in [0.4, 0.5) is 4.79 Å². The molecule has 0 bridgehead atoms. The second kappa shape index (κ2) is 13.6. The minimum absolute atomic E-state index is 0.357. The highest BCUT2D eigenvalue weighted by Gasteiger charge is 2.79. The summed E-state index contributed by atoms with van der Waals surface area (Å²) in [7, 11) is -4.19. The molecule has 5 atom stereocenters. The third kappa shape index (κ3) is 7.06. The highest BCUT2D eigenvalue weighted by Crippen LogP contribution is 2.58. The van der Waals surface area contributed by atoms with E-state index in [4.69, 9.17) is 4.74 Å². The highest BCUT2D eigenvalue weighted by atomic mass is 32.2. The number of rotatable bonds is 12. The Morgan fingerprint density at radius 2 is 1.32 bits per heavy atom. The van der Waals surface area contributed by atoms with Gasteiger partial charge in [-0.1, -0.05) is 91.0 Å². The zero-order valence-corrected chi connectivity index (χ0v) is 28.5. The topological polar surface area (TPSA) is 205 Å². The third-order valence-electron chi connectivity index (χ3n) is 8.99. The van der Waals surface area contributed by atoms with E-state index in [1.807, 2.05) is 91.0 Å². The summed E-state index contributed by atoms with van der Waals surface area (Å²) in [6.45, 7) is 4.77. The number of aliphatic carboxylic acids is 2. The average Bonchev–Trinajstić information content (AvgIpc) is 3.79. The smallest absolute Gasteiger partial charge is 0.408 e. The Hall–Kier alpha value is -5.24. The molecule has 0 aromatic heterocycles. The number of benzene rings is 3. The molecule has 3 amide bonds. The predicted octanol–water partition coefficient (Wildman–Crippen LogP) is 2.84. The van der Waals surface area contributed by atoms with Gasteiger partial charge in [-0.2, -0.15) is 0 Å². The van der Waals surface area contributed by atoms with Crippen LogP contribution in [0, 0.1) is 11.8 Å². The molecule has 14 heteroatoms. The lowest BCUT2D eigenvalue weighted by Crippen LogP contribution is -2.62. The van der Waals surface area contributed by atoms with E-state index in [-0.39, 0.29) is 12.8 Å². The highest BCUT2D eigenvalue weighted by molar-refractivity contribution is 7.92. The van der Waals surface area contributed by atoms with Gasteiger partial charge in [-0.05, 0) is 43.9 Å². The number of ether oxygens (including phenoxy) is 1. The normalized spacial score (nSPS) is 22.7. The van der Waals surface area contributed by atoms with Gasteiger partial charge in [0, 0.05) is 12.3 Å². The van der Waals surface area contributed by atoms with Crippen LogP contribution in [0.3, 0.4) is 0 Å². The molecule has 2 fully saturated rings. The zero-order chi connectivity index (χ0) is 36.5. The number of sulfone groups is 1. The maximum Gasteiger partial charge on any atom is 0.408 e. The molecule has 1 aliphatic heterocycles. The first-order valence-corrected chi connectivity index (χ1v) is 17.7. The minimum Gasteiger partial charge on any atom is -0.481 e. The summed E-state index contributed by atoms with van der Waals surface area (Å²) in [5.74, 6) is -8.82. The minimum atomic E-state index is -4.19. The Morgan fingerprint density at radius 3 is 1.72 bits per heavy atom. The fourth-order valence-electron chi connectivity index (χ4n) is 6.85. The van der Waals surface area contributed by atoms with Crippen molar-refractivity contribution in [2.75, 3.05) is 5.75 Å². The van der Waals surface area contributed by atoms with E-state index in [2.05, 4.69) is 16.0 Å². The summed E-state index contributed by atoms with van der Waals surface area (Å²) in [5, 5.41) is 26.1. The lowest BCUT2D eigenvalue weighted by Gasteiger charge is -2.37. The number of hydrogen-bond donors (Lipinski definition) is 5. The third-order valence-corrected chi connectivity index (χ3v) is 11.3. The van der Waals surface area contributed by atoms with E-state index in [1.54, 1.807) is 20.8 Å². The molecule has 50 heavy (non-hydrogen) atoms. The number of fused-ring (bicyclic) bond motifs is 1. The van der Waals surface area contributed by atoms with Crippen LogP contribution >= 0.6 is 0 Å². The van der Waals surface area contributed by atoms with Crippen LogP contribution < -0.4 is 16.0 Å². The lowest BCUT2D eigenvalue weighted by atomic mass is 9.77. The number of hydrogen-bond acceptors (Lipinski definition) is 8. The summed E-state index contributed by atoms with van der Waals surface area (Å²) < 4.78 is 30.9. The Morgan fingerprint density at radius 1 is 0.840 bits per heavy atom. The number of amides is 3. The number of nitrogens with one attached hydrogen (secondary N) is 3. The fraction of sp³-hybridized carbons (Fsp3) is 0.361. The molecule has 264 valence electrons. The largest absolute Gasteiger partial charge is 0.481 e. The molecule has 1 saturated carbocycles. The van der Waals surface area contributed by atoms with E-state index in [9.17, 15) is 42.6 Å². The van der Waals surface area contributed by atoms with Crippen molar-refractivity contribution in [2.45, 2.75) is 61.6 Å². The van der Waals surface area contributed by atoms with E-state index < -0.39 is 85.2 Å². The van der Waals surface area contributed by atoms with E-state index in [1.165, 1.54) is 0 Å². The first-order valence-electron chi connectivity index (χ1n) is 16.0. The first kappa shape index (κ1) is 36.1. The second-order valence-corrected chi connectivity index (χ2v) is 15.7. The van der Waals surface area contributed by atoms with Crippen molar-refractivity contribution < 1.29 is 47.3 Å². The van der Waals surface area contributed by atoms with Gasteiger partial charge in [0.05, 0.1) is 16.9 Å². The standard InChI is InChI=1S/C36H39N3O10S/c1-34(2,3)49-33(46)37-25(30(41)39-35(32(44)45)21-50(47,48)29-27(28(29)35)31(42)43)19-20-26(40)38-36(22-13-7-4-8-14-22,23-15-9-5-10-16-23)24-17-11-6-12-18-24/h4-18,25,27-29H,19-21H2,1-3H3,(H,37,46)(H,38,40)(H,39,41)(H,42,43)(H,44,45)/t25-,27+,28+,29-,35-/m0/s1. The molecule has 0 unspecified atom stereocenters. The number of alkyl carbamates (subject to hydrolysis) is 1. The van der Waals surface area contributed by atoms with Gasteiger partial charge in [-0.15, -0.1) is 0 Å². The van der Waals surface area contributed by atoms with Crippen LogP contribution in [0.1, 0.15) is 50.3 Å². The maximum atomic E-state index is 14.0. The van der Waals surface area contributed by atoms with Gasteiger partial charge < -0.3 is 30.9 Å². The Balaban J connectivity index is 1.45. The zero-order valence-electron chi connectivity index (χ0n) is 27.7. The summed E-state index contributed by atoms with van der Waals surface area (Å²) in [4.78, 5) is 65.0. The number of carbonyl (C=O) groups is 5. The Bertz CT molecular complexity index is 1780. The second-order valence-electron chi connectivity index (χ2n) is 13.6. The molecule has 3 aromatic carbocycles.